The van der Waals surface area contributed by atoms with E-state index in [1.165, 1.54) is 30.4 Å². The third-order valence-electron chi connectivity index (χ3n) is 3.07. The van der Waals surface area contributed by atoms with Crippen molar-refractivity contribution in [2.45, 2.75) is 11.8 Å². The Morgan fingerprint density at radius 2 is 1.78 bits per heavy atom. The minimum atomic E-state index is -3.69. The molecule has 0 atom stereocenters. The van der Waals surface area contributed by atoms with Gasteiger partial charge < -0.3 is 5.32 Å². The van der Waals surface area contributed by atoms with Gasteiger partial charge in [0.15, 0.2) is 0 Å². The maximum atomic E-state index is 12.4. The fraction of sp³-hybridized carbons (Fsp3) is 0.0667. The van der Waals surface area contributed by atoms with Gasteiger partial charge in [0.05, 0.1) is 26.3 Å². The molecule has 0 aliphatic rings. The van der Waals surface area contributed by atoms with E-state index in [1.807, 2.05) is 0 Å². The van der Waals surface area contributed by atoms with Crippen LogP contribution in [0.15, 0.2) is 52.9 Å². The van der Waals surface area contributed by atoms with Crippen molar-refractivity contribution in [2.24, 2.45) is 0 Å². The van der Waals surface area contributed by atoms with E-state index >= 15 is 0 Å². The predicted molar refractivity (Wildman–Crippen MR) is 91.2 cm³/mol. The second kappa shape index (κ2) is 5.98. The van der Waals surface area contributed by atoms with Crippen LogP contribution < -0.4 is 10.0 Å². The summed E-state index contributed by atoms with van der Waals surface area (Å²) in [6.45, 7) is 1.39. The molecule has 3 aromatic rings. The quantitative estimate of drug-likeness (QED) is 0.759. The van der Waals surface area contributed by atoms with Gasteiger partial charge in [-0.25, -0.2) is 13.4 Å². The van der Waals surface area contributed by atoms with Crippen molar-refractivity contribution in [1.29, 1.82) is 0 Å². The number of hydrogen-bond donors (Lipinski definition) is 2. The molecular weight excluding hydrogens is 334 g/mol. The lowest BCUT2D eigenvalue weighted by Crippen LogP contribution is -2.13. The molecule has 1 heterocycles. The highest BCUT2D eigenvalue weighted by atomic mass is 32.2. The van der Waals surface area contributed by atoms with E-state index in [0.717, 1.165) is 10.2 Å². The number of sulfonamides is 1. The highest BCUT2D eigenvalue weighted by Crippen LogP contribution is 2.24. The van der Waals surface area contributed by atoms with Crippen LogP contribution in [0, 0.1) is 0 Å². The number of fused-ring (bicyclic) bond motifs is 1. The fourth-order valence-corrected chi connectivity index (χ4v) is 3.82. The summed E-state index contributed by atoms with van der Waals surface area (Å²) < 4.78 is 28.2. The lowest BCUT2D eigenvalue weighted by molar-refractivity contribution is -0.114. The third kappa shape index (κ3) is 3.49. The zero-order valence-electron chi connectivity index (χ0n) is 12.1. The molecular formula is C15H13N3O3S2. The smallest absolute Gasteiger partial charge is 0.261 e. The summed E-state index contributed by atoms with van der Waals surface area (Å²) in [5, 5.41) is 2.59. The third-order valence-corrected chi connectivity index (χ3v) is 5.26. The van der Waals surface area contributed by atoms with Crippen molar-refractivity contribution in [1.82, 2.24) is 4.98 Å². The maximum absolute atomic E-state index is 12.4. The molecule has 0 aliphatic heterocycles. The number of aromatic nitrogens is 1. The Balaban J connectivity index is 1.84. The van der Waals surface area contributed by atoms with Crippen LogP contribution in [-0.2, 0) is 14.8 Å². The molecule has 0 saturated carbocycles. The van der Waals surface area contributed by atoms with Gasteiger partial charge in [0.2, 0.25) is 5.91 Å². The Bertz CT molecular complexity index is 963. The van der Waals surface area contributed by atoms with E-state index in [2.05, 4.69) is 15.0 Å². The zero-order valence-corrected chi connectivity index (χ0v) is 13.7. The minimum absolute atomic E-state index is 0.121. The summed E-state index contributed by atoms with van der Waals surface area (Å²) in [6, 6.07) is 11.2. The van der Waals surface area contributed by atoms with Gasteiger partial charge in [0, 0.05) is 12.6 Å². The van der Waals surface area contributed by atoms with Crippen molar-refractivity contribution in [3.63, 3.8) is 0 Å². The van der Waals surface area contributed by atoms with Crippen molar-refractivity contribution in [3.8, 4) is 0 Å². The molecule has 0 bridgehead atoms. The van der Waals surface area contributed by atoms with E-state index in [4.69, 9.17) is 0 Å². The van der Waals surface area contributed by atoms with Gasteiger partial charge in [-0.2, -0.15) is 0 Å². The van der Waals surface area contributed by atoms with Crippen LogP contribution in [0.25, 0.3) is 10.2 Å². The standard InChI is InChI=1S/C15H13N3O3S2/c1-10(19)17-11-2-5-13(6-3-11)23(20,21)18-12-4-7-14-15(8-12)22-9-16-14/h2-9,18H,1H3,(H,17,19). The number of benzene rings is 2. The van der Waals surface area contributed by atoms with E-state index in [-0.39, 0.29) is 10.8 Å². The van der Waals surface area contributed by atoms with Gasteiger partial charge in [0.25, 0.3) is 10.0 Å². The number of anilines is 2. The first-order valence-electron chi connectivity index (χ1n) is 6.68. The van der Waals surface area contributed by atoms with Crippen molar-refractivity contribution in [3.05, 3.63) is 48.0 Å². The molecule has 0 radical (unpaired) electrons. The second-order valence-corrected chi connectivity index (χ2v) is 7.41. The predicted octanol–water partition coefficient (Wildman–Crippen LogP) is 3.06. The summed E-state index contributed by atoms with van der Waals surface area (Å²) in [4.78, 5) is 15.3. The molecule has 1 aromatic heterocycles. The maximum Gasteiger partial charge on any atom is 0.261 e. The number of carbonyl (C=O) groups is 1. The molecule has 0 aliphatic carbocycles. The molecule has 8 heteroatoms. The molecule has 1 amide bonds. The molecule has 2 N–H and O–H groups in total. The number of nitrogens with one attached hydrogen (secondary N) is 2. The molecule has 118 valence electrons. The van der Waals surface area contributed by atoms with Crippen LogP contribution >= 0.6 is 11.3 Å². The molecule has 0 fully saturated rings. The first-order valence-corrected chi connectivity index (χ1v) is 9.04. The van der Waals surface area contributed by atoms with E-state index in [9.17, 15) is 13.2 Å². The topological polar surface area (TPSA) is 88.2 Å². The van der Waals surface area contributed by atoms with E-state index in [1.54, 1.807) is 35.8 Å². The molecule has 3 rings (SSSR count). The van der Waals surface area contributed by atoms with Crippen molar-refractivity contribution < 1.29 is 13.2 Å². The van der Waals surface area contributed by atoms with Crippen LogP contribution in [0.5, 0.6) is 0 Å². The van der Waals surface area contributed by atoms with E-state index in [0.29, 0.717) is 11.4 Å². The Morgan fingerprint density at radius 3 is 2.48 bits per heavy atom. The number of thiazole rings is 1. The number of carbonyl (C=O) groups excluding carboxylic acids is 1. The average Bonchev–Trinajstić information content (AvgIpc) is 2.94. The van der Waals surface area contributed by atoms with Gasteiger partial charge in [-0.15, -0.1) is 11.3 Å². The van der Waals surface area contributed by atoms with Crippen LogP contribution in [0.4, 0.5) is 11.4 Å². The van der Waals surface area contributed by atoms with Crippen molar-refractivity contribution >= 4 is 48.9 Å². The normalized spacial score (nSPS) is 11.3. The number of amides is 1. The largest absolute Gasteiger partial charge is 0.326 e. The van der Waals surface area contributed by atoms with Crippen LogP contribution in [0.1, 0.15) is 6.92 Å². The highest BCUT2D eigenvalue weighted by molar-refractivity contribution is 7.92. The first-order chi connectivity index (χ1) is 10.9. The van der Waals surface area contributed by atoms with Crippen LogP contribution in [0.2, 0.25) is 0 Å². The summed E-state index contributed by atoms with van der Waals surface area (Å²) in [5.74, 6) is -0.211. The summed E-state index contributed by atoms with van der Waals surface area (Å²) in [7, 11) is -3.69. The Morgan fingerprint density at radius 1 is 1.09 bits per heavy atom. The van der Waals surface area contributed by atoms with Crippen molar-refractivity contribution in [2.75, 3.05) is 10.0 Å². The number of rotatable bonds is 4. The van der Waals surface area contributed by atoms with Gasteiger partial charge in [-0.3, -0.25) is 9.52 Å². The monoisotopic (exact) mass is 347 g/mol. The lowest BCUT2D eigenvalue weighted by atomic mass is 10.3. The van der Waals surface area contributed by atoms with Gasteiger partial charge in [0.1, 0.15) is 0 Å². The highest BCUT2D eigenvalue weighted by Gasteiger charge is 2.14. The Kier molecular flexibility index (Phi) is 4.01. The summed E-state index contributed by atoms with van der Waals surface area (Å²) >= 11 is 1.44. The number of hydrogen-bond acceptors (Lipinski definition) is 5. The fourth-order valence-electron chi connectivity index (χ4n) is 2.05. The summed E-state index contributed by atoms with van der Waals surface area (Å²) in [5.41, 5.74) is 3.57. The van der Waals surface area contributed by atoms with Gasteiger partial charge in [-0.1, -0.05) is 0 Å². The second-order valence-electron chi connectivity index (χ2n) is 4.85. The molecule has 0 saturated heterocycles. The van der Waals surface area contributed by atoms with Crippen LogP contribution in [-0.4, -0.2) is 19.3 Å². The summed E-state index contributed by atoms with van der Waals surface area (Å²) in [6.07, 6.45) is 0. The van der Waals surface area contributed by atoms with Gasteiger partial charge >= 0.3 is 0 Å². The first kappa shape index (κ1) is 15.4. The molecule has 23 heavy (non-hydrogen) atoms. The SMILES string of the molecule is CC(=O)Nc1ccc(S(=O)(=O)Nc2ccc3ncsc3c2)cc1. The molecule has 0 unspecified atom stereocenters. The minimum Gasteiger partial charge on any atom is -0.326 e. The lowest BCUT2D eigenvalue weighted by Gasteiger charge is -2.09. The number of nitrogens with zero attached hydrogens (tertiary/aromatic N) is 1. The average molecular weight is 347 g/mol. The molecule has 2 aromatic carbocycles. The zero-order chi connectivity index (χ0) is 16.4. The molecule has 6 nitrogen and oxygen atoms in total. The Labute approximate surface area is 137 Å². The Hall–Kier alpha value is -2.45. The van der Waals surface area contributed by atoms with E-state index < -0.39 is 10.0 Å². The molecule has 0 spiro atoms. The van der Waals surface area contributed by atoms with Gasteiger partial charge in [-0.05, 0) is 42.5 Å². The van der Waals surface area contributed by atoms with Crippen LogP contribution in [0.3, 0.4) is 0 Å².